The largest absolute Gasteiger partial charge is 0.465 e. The molecule has 1 aromatic carbocycles. The number of benzene rings is 1. The molecule has 2 aromatic rings. The van der Waals surface area contributed by atoms with Crippen molar-refractivity contribution < 1.29 is 14.3 Å². The molecule has 0 aliphatic heterocycles. The van der Waals surface area contributed by atoms with Gasteiger partial charge in [0.15, 0.2) is 5.58 Å². The Kier molecular flexibility index (Phi) is 2.82. The zero-order valence-electron chi connectivity index (χ0n) is 8.20. The molecule has 0 aliphatic carbocycles. The molecule has 0 saturated heterocycles. The normalized spacial score (nSPS) is 10.7. The predicted molar refractivity (Wildman–Crippen MR) is 65.4 cm³/mol. The van der Waals surface area contributed by atoms with Crippen molar-refractivity contribution in [2.45, 2.75) is 0 Å². The van der Waals surface area contributed by atoms with E-state index in [9.17, 15) is 4.79 Å². The number of carbonyl (C=O) groups is 1. The highest BCUT2D eigenvalue weighted by Crippen LogP contribution is 2.33. The van der Waals surface area contributed by atoms with Crippen molar-refractivity contribution in [1.29, 1.82) is 0 Å². The number of halogens is 2. The van der Waals surface area contributed by atoms with Crippen LogP contribution in [-0.2, 0) is 0 Å². The van der Waals surface area contributed by atoms with Crippen molar-refractivity contribution in [3.8, 4) is 0 Å². The Morgan fingerprint density at radius 1 is 1.50 bits per heavy atom. The van der Waals surface area contributed by atoms with Gasteiger partial charge in [-0.25, -0.2) is 4.79 Å². The zero-order valence-corrected chi connectivity index (χ0v) is 10.5. The van der Waals surface area contributed by atoms with Crippen LogP contribution in [0.1, 0.15) is 0 Å². The van der Waals surface area contributed by atoms with E-state index in [-0.39, 0.29) is 5.88 Å². The molecule has 1 N–H and O–H groups in total. The van der Waals surface area contributed by atoms with Gasteiger partial charge in [-0.2, -0.15) is 0 Å². The standard InChI is InChI=1S/C10H7BrClNO3/c1-13(10(14)15)8-3-5-2-6(11)4-7(12)9(5)16-8/h2-4H,1H3,(H,14,15). The second-order valence-electron chi connectivity index (χ2n) is 3.23. The van der Waals surface area contributed by atoms with E-state index in [1.165, 1.54) is 7.05 Å². The number of rotatable bonds is 1. The van der Waals surface area contributed by atoms with Crippen LogP contribution in [0.2, 0.25) is 5.02 Å². The van der Waals surface area contributed by atoms with Crippen molar-refractivity contribution in [1.82, 2.24) is 0 Å². The Hall–Kier alpha value is -1.20. The molecule has 6 heteroatoms. The monoisotopic (exact) mass is 303 g/mol. The molecule has 2 rings (SSSR count). The Morgan fingerprint density at radius 3 is 2.81 bits per heavy atom. The van der Waals surface area contributed by atoms with E-state index in [1.807, 2.05) is 6.07 Å². The fraction of sp³-hybridized carbons (Fsp3) is 0.100. The molecular weight excluding hydrogens is 297 g/mol. The van der Waals surface area contributed by atoms with Crippen LogP contribution in [0.3, 0.4) is 0 Å². The number of hydrogen-bond donors (Lipinski definition) is 1. The number of carboxylic acid groups (broad SMARTS) is 1. The fourth-order valence-corrected chi connectivity index (χ4v) is 2.19. The SMILES string of the molecule is CN(C(=O)O)c1cc2cc(Br)cc(Cl)c2o1. The second-order valence-corrected chi connectivity index (χ2v) is 4.56. The van der Waals surface area contributed by atoms with Gasteiger partial charge >= 0.3 is 6.09 Å². The summed E-state index contributed by atoms with van der Waals surface area (Å²) in [6.07, 6.45) is -1.09. The molecule has 1 aromatic heterocycles. The van der Waals surface area contributed by atoms with Gasteiger partial charge in [-0.3, -0.25) is 4.90 Å². The van der Waals surface area contributed by atoms with Crippen LogP contribution in [0.25, 0.3) is 11.0 Å². The van der Waals surface area contributed by atoms with Gasteiger partial charge in [0, 0.05) is 23.0 Å². The van der Waals surface area contributed by atoms with Crippen LogP contribution in [0.15, 0.2) is 27.1 Å². The highest BCUT2D eigenvalue weighted by Gasteiger charge is 2.15. The number of nitrogens with zero attached hydrogens (tertiary/aromatic N) is 1. The van der Waals surface area contributed by atoms with Crippen LogP contribution in [0.4, 0.5) is 10.7 Å². The summed E-state index contributed by atoms with van der Waals surface area (Å²) in [6, 6.07) is 5.13. The first-order chi connectivity index (χ1) is 7.49. The van der Waals surface area contributed by atoms with Crippen molar-refractivity contribution in [2.24, 2.45) is 0 Å². The summed E-state index contributed by atoms with van der Waals surface area (Å²) >= 11 is 9.27. The molecule has 0 radical (unpaired) electrons. The average Bonchev–Trinajstić information content (AvgIpc) is 2.60. The van der Waals surface area contributed by atoms with Gasteiger partial charge in [-0.15, -0.1) is 0 Å². The number of fused-ring (bicyclic) bond motifs is 1. The summed E-state index contributed by atoms with van der Waals surface area (Å²) in [7, 11) is 1.41. The van der Waals surface area contributed by atoms with Crippen LogP contribution >= 0.6 is 27.5 Å². The van der Waals surface area contributed by atoms with Gasteiger partial charge in [0.25, 0.3) is 0 Å². The lowest BCUT2D eigenvalue weighted by Gasteiger charge is -2.07. The maximum atomic E-state index is 10.8. The quantitative estimate of drug-likeness (QED) is 0.867. The first-order valence-corrected chi connectivity index (χ1v) is 5.51. The van der Waals surface area contributed by atoms with Gasteiger partial charge in [0.05, 0.1) is 5.02 Å². The number of amides is 1. The Labute approximate surface area is 105 Å². The molecule has 0 aliphatic rings. The molecule has 0 spiro atoms. The van der Waals surface area contributed by atoms with Crippen molar-refractivity contribution in [2.75, 3.05) is 11.9 Å². The van der Waals surface area contributed by atoms with Crippen molar-refractivity contribution in [3.05, 3.63) is 27.7 Å². The van der Waals surface area contributed by atoms with E-state index >= 15 is 0 Å². The minimum atomic E-state index is -1.09. The summed E-state index contributed by atoms with van der Waals surface area (Å²) in [5.74, 6) is 0.238. The van der Waals surface area contributed by atoms with Crippen molar-refractivity contribution in [3.63, 3.8) is 0 Å². The van der Waals surface area contributed by atoms with Crippen LogP contribution in [0.5, 0.6) is 0 Å². The van der Waals surface area contributed by atoms with E-state index in [2.05, 4.69) is 15.9 Å². The molecule has 1 heterocycles. The summed E-state index contributed by atoms with van der Waals surface area (Å²) < 4.78 is 6.18. The topological polar surface area (TPSA) is 53.7 Å². The molecular formula is C10H7BrClNO3. The third-order valence-electron chi connectivity index (χ3n) is 2.14. The van der Waals surface area contributed by atoms with E-state index in [0.29, 0.717) is 10.6 Å². The Bertz CT molecular complexity index is 566. The molecule has 1 amide bonds. The maximum Gasteiger partial charge on any atom is 0.413 e. The summed E-state index contributed by atoms with van der Waals surface area (Å²) in [5.41, 5.74) is 0.480. The first kappa shape index (κ1) is 11.3. The van der Waals surface area contributed by atoms with Gasteiger partial charge in [0.1, 0.15) is 0 Å². The molecule has 16 heavy (non-hydrogen) atoms. The van der Waals surface area contributed by atoms with E-state index in [1.54, 1.807) is 12.1 Å². The lowest BCUT2D eigenvalue weighted by molar-refractivity contribution is 0.202. The Balaban J connectivity index is 2.60. The van der Waals surface area contributed by atoms with Gasteiger partial charge < -0.3 is 9.52 Å². The molecule has 4 nitrogen and oxygen atoms in total. The average molecular weight is 305 g/mol. The third kappa shape index (κ3) is 1.88. The lowest BCUT2D eigenvalue weighted by atomic mass is 10.2. The highest BCUT2D eigenvalue weighted by molar-refractivity contribution is 9.10. The predicted octanol–water partition coefficient (Wildman–Crippen LogP) is 3.96. The Morgan fingerprint density at radius 2 is 2.19 bits per heavy atom. The molecule has 0 bridgehead atoms. The summed E-state index contributed by atoms with van der Waals surface area (Å²) in [6.45, 7) is 0. The number of anilines is 1. The minimum absolute atomic E-state index is 0.238. The smallest absolute Gasteiger partial charge is 0.413 e. The highest BCUT2D eigenvalue weighted by atomic mass is 79.9. The number of furan rings is 1. The second kappa shape index (κ2) is 3.99. The van der Waals surface area contributed by atoms with Crippen LogP contribution in [0, 0.1) is 0 Å². The van der Waals surface area contributed by atoms with Crippen molar-refractivity contribution >= 4 is 50.5 Å². The summed E-state index contributed by atoms with van der Waals surface area (Å²) in [4.78, 5) is 11.7. The maximum absolute atomic E-state index is 10.8. The van der Waals surface area contributed by atoms with E-state index < -0.39 is 6.09 Å². The molecule has 0 unspecified atom stereocenters. The minimum Gasteiger partial charge on any atom is -0.465 e. The van der Waals surface area contributed by atoms with Crippen LogP contribution in [-0.4, -0.2) is 18.2 Å². The van der Waals surface area contributed by atoms with Crippen LogP contribution < -0.4 is 4.90 Å². The van der Waals surface area contributed by atoms with Gasteiger partial charge in [-0.05, 0) is 12.1 Å². The summed E-state index contributed by atoms with van der Waals surface area (Å²) in [5, 5.41) is 10.00. The van der Waals surface area contributed by atoms with Gasteiger partial charge in [0.2, 0.25) is 5.88 Å². The van der Waals surface area contributed by atoms with E-state index in [0.717, 1.165) is 14.8 Å². The van der Waals surface area contributed by atoms with Gasteiger partial charge in [-0.1, -0.05) is 27.5 Å². The molecule has 84 valence electrons. The molecule has 0 fully saturated rings. The zero-order chi connectivity index (χ0) is 11.9. The lowest BCUT2D eigenvalue weighted by Crippen LogP contribution is -2.22. The molecule has 0 saturated carbocycles. The fourth-order valence-electron chi connectivity index (χ4n) is 1.32. The third-order valence-corrected chi connectivity index (χ3v) is 2.88. The molecule has 0 atom stereocenters. The van der Waals surface area contributed by atoms with E-state index in [4.69, 9.17) is 21.1 Å². The first-order valence-electron chi connectivity index (χ1n) is 4.34. The number of hydrogen-bond acceptors (Lipinski definition) is 2.